The first-order valence-electron chi connectivity index (χ1n) is 5.09. The Morgan fingerprint density at radius 3 is 2.62 bits per heavy atom. The predicted molar refractivity (Wildman–Crippen MR) is 67.8 cm³/mol. The number of carbonyl (C=O) groups excluding carboxylic acids is 1. The summed E-state index contributed by atoms with van der Waals surface area (Å²) in [5.41, 5.74) is 0. The van der Waals surface area contributed by atoms with Crippen molar-refractivity contribution < 1.29 is 14.7 Å². The molecule has 1 N–H and O–H groups in total. The predicted octanol–water partition coefficient (Wildman–Crippen LogP) is 1.32. The van der Waals surface area contributed by atoms with Crippen LogP contribution in [0.2, 0.25) is 0 Å². The summed E-state index contributed by atoms with van der Waals surface area (Å²) in [6.07, 6.45) is 0. The minimum Gasteiger partial charge on any atom is -0.480 e. The zero-order chi connectivity index (χ0) is 12.5. The third-order valence-electron chi connectivity index (χ3n) is 2.76. The number of carbonyl (C=O) groups is 2. The highest BCUT2D eigenvalue weighted by atomic mass is 32.2. The number of thioether (sulfide) groups is 1. The minimum atomic E-state index is -0.935. The van der Waals surface area contributed by atoms with Crippen molar-refractivity contribution in [3.8, 4) is 0 Å². The Kier molecular flexibility index (Phi) is 4.17. The molecule has 1 aliphatic rings. The molecule has 16 heavy (non-hydrogen) atoms. The van der Waals surface area contributed by atoms with Crippen LogP contribution in [0.15, 0.2) is 0 Å². The topological polar surface area (TPSA) is 57.6 Å². The number of amides is 1. The maximum absolute atomic E-state index is 12.0. The van der Waals surface area contributed by atoms with Crippen molar-refractivity contribution in [1.29, 1.82) is 0 Å². The third kappa shape index (κ3) is 2.48. The van der Waals surface area contributed by atoms with E-state index in [4.69, 9.17) is 0 Å². The van der Waals surface area contributed by atoms with Crippen molar-refractivity contribution in [1.82, 2.24) is 4.90 Å². The van der Waals surface area contributed by atoms with Gasteiger partial charge in [0.05, 0.1) is 5.88 Å². The van der Waals surface area contributed by atoms with Gasteiger partial charge in [-0.25, -0.2) is 4.79 Å². The number of thiol groups is 1. The lowest BCUT2D eigenvalue weighted by molar-refractivity contribution is -0.150. The molecule has 1 aliphatic heterocycles. The first-order valence-corrected chi connectivity index (χ1v) is 6.71. The largest absolute Gasteiger partial charge is 0.480 e. The van der Waals surface area contributed by atoms with Gasteiger partial charge in [-0.05, 0) is 13.8 Å². The number of carboxylic acid groups (broad SMARTS) is 1. The molecule has 6 heteroatoms. The van der Waals surface area contributed by atoms with Crippen LogP contribution in [0, 0.1) is 5.92 Å². The van der Waals surface area contributed by atoms with Crippen LogP contribution in [0.25, 0.3) is 0 Å². The van der Waals surface area contributed by atoms with Crippen LogP contribution >= 0.6 is 24.4 Å². The number of hydrogen-bond donors (Lipinski definition) is 2. The van der Waals surface area contributed by atoms with Crippen LogP contribution in [0.1, 0.15) is 20.8 Å². The van der Waals surface area contributed by atoms with Gasteiger partial charge in [0.2, 0.25) is 5.91 Å². The Bertz CT molecular complexity index is 306. The molecule has 92 valence electrons. The van der Waals surface area contributed by atoms with Crippen LogP contribution < -0.4 is 0 Å². The van der Waals surface area contributed by atoms with Gasteiger partial charge in [-0.1, -0.05) is 6.92 Å². The molecule has 0 aromatic rings. The molecule has 1 rings (SSSR count). The molecule has 0 bridgehead atoms. The fraction of sp³-hybridized carbons (Fsp3) is 0.800. The monoisotopic (exact) mass is 263 g/mol. The molecule has 0 radical (unpaired) electrons. The number of rotatable bonds is 3. The summed E-state index contributed by atoms with van der Waals surface area (Å²) in [6.45, 7) is 5.48. The van der Waals surface area contributed by atoms with E-state index in [9.17, 15) is 14.7 Å². The third-order valence-corrected chi connectivity index (χ3v) is 4.68. The minimum absolute atomic E-state index is 0.125. The van der Waals surface area contributed by atoms with Crippen molar-refractivity contribution >= 4 is 36.3 Å². The fourth-order valence-electron chi connectivity index (χ4n) is 1.75. The standard InChI is InChI=1S/C10H17NO3S2/c1-6(4-15)8(12)11-5-16-10(2,3)7(11)9(13)14/h6-7,15H,4-5H2,1-3H3,(H,13,14)/t6-,7-/m0/s1. The lowest BCUT2D eigenvalue weighted by Crippen LogP contribution is -2.50. The van der Waals surface area contributed by atoms with E-state index in [2.05, 4.69) is 12.6 Å². The molecule has 0 saturated carbocycles. The average molecular weight is 263 g/mol. The summed E-state index contributed by atoms with van der Waals surface area (Å²) in [4.78, 5) is 24.6. The highest BCUT2D eigenvalue weighted by molar-refractivity contribution is 8.00. The second-order valence-corrected chi connectivity index (χ2v) is 6.47. The number of carboxylic acids is 1. The van der Waals surface area contributed by atoms with Crippen LogP contribution in [0.5, 0.6) is 0 Å². The van der Waals surface area contributed by atoms with Crippen molar-refractivity contribution in [3.05, 3.63) is 0 Å². The maximum Gasteiger partial charge on any atom is 0.327 e. The number of hydrogen-bond acceptors (Lipinski definition) is 4. The molecule has 1 amide bonds. The van der Waals surface area contributed by atoms with E-state index < -0.39 is 16.8 Å². The Hall–Kier alpha value is -0.360. The smallest absolute Gasteiger partial charge is 0.327 e. The zero-order valence-corrected chi connectivity index (χ0v) is 11.3. The summed E-state index contributed by atoms with van der Waals surface area (Å²) in [7, 11) is 0. The average Bonchev–Trinajstić information content (AvgIpc) is 2.51. The summed E-state index contributed by atoms with van der Waals surface area (Å²) in [5.74, 6) is -0.414. The van der Waals surface area contributed by atoms with Crippen molar-refractivity contribution in [2.75, 3.05) is 11.6 Å². The van der Waals surface area contributed by atoms with E-state index >= 15 is 0 Å². The van der Waals surface area contributed by atoms with Gasteiger partial charge in [0.15, 0.2) is 0 Å². The van der Waals surface area contributed by atoms with Crippen molar-refractivity contribution in [2.24, 2.45) is 5.92 Å². The van der Waals surface area contributed by atoms with Gasteiger partial charge in [-0.3, -0.25) is 4.79 Å². The quantitative estimate of drug-likeness (QED) is 0.754. The van der Waals surface area contributed by atoms with Crippen LogP contribution in [-0.4, -0.2) is 44.3 Å². The molecule has 0 spiro atoms. The van der Waals surface area contributed by atoms with E-state index in [-0.39, 0.29) is 11.8 Å². The van der Waals surface area contributed by atoms with Gasteiger partial charge in [-0.2, -0.15) is 12.6 Å². The fourth-order valence-corrected chi connectivity index (χ4v) is 3.04. The lowest BCUT2D eigenvalue weighted by atomic mass is 10.0. The molecule has 0 aliphatic carbocycles. The Balaban J connectivity index is 2.90. The van der Waals surface area contributed by atoms with Gasteiger partial charge < -0.3 is 10.0 Å². The van der Waals surface area contributed by atoms with E-state index in [0.29, 0.717) is 11.6 Å². The molecule has 2 atom stereocenters. The van der Waals surface area contributed by atoms with E-state index in [1.165, 1.54) is 16.7 Å². The Morgan fingerprint density at radius 1 is 1.62 bits per heavy atom. The van der Waals surface area contributed by atoms with Gasteiger partial charge in [0.25, 0.3) is 0 Å². The van der Waals surface area contributed by atoms with E-state index in [1.54, 1.807) is 6.92 Å². The zero-order valence-electron chi connectivity index (χ0n) is 9.64. The summed E-state index contributed by atoms with van der Waals surface area (Å²) >= 11 is 5.57. The molecular formula is C10H17NO3S2. The molecule has 1 fully saturated rings. The van der Waals surface area contributed by atoms with Gasteiger partial charge >= 0.3 is 5.97 Å². The maximum atomic E-state index is 12.0. The van der Waals surface area contributed by atoms with E-state index in [1.807, 2.05) is 13.8 Å². The first-order chi connectivity index (χ1) is 7.31. The molecule has 0 aromatic heterocycles. The lowest BCUT2D eigenvalue weighted by Gasteiger charge is -2.29. The highest BCUT2D eigenvalue weighted by Gasteiger charge is 2.48. The summed E-state index contributed by atoms with van der Waals surface area (Å²) in [6, 6.07) is -0.743. The first kappa shape index (κ1) is 13.7. The summed E-state index contributed by atoms with van der Waals surface area (Å²) in [5, 5.41) is 9.20. The van der Waals surface area contributed by atoms with Gasteiger partial charge in [-0.15, -0.1) is 11.8 Å². The molecule has 1 heterocycles. The molecule has 1 saturated heterocycles. The number of aliphatic carboxylic acids is 1. The SMILES string of the molecule is C[C@@H](CS)C(=O)N1CSC(C)(C)[C@@H]1C(=O)O. The van der Waals surface area contributed by atoms with Gasteiger partial charge in [0, 0.05) is 16.4 Å². The van der Waals surface area contributed by atoms with Crippen LogP contribution in [0.3, 0.4) is 0 Å². The van der Waals surface area contributed by atoms with Crippen molar-refractivity contribution in [3.63, 3.8) is 0 Å². The number of nitrogens with zero attached hydrogens (tertiary/aromatic N) is 1. The molecule has 0 unspecified atom stereocenters. The van der Waals surface area contributed by atoms with Crippen LogP contribution in [0.4, 0.5) is 0 Å². The second-order valence-electron chi connectivity index (χ2n) is 4.51. The second kappa shape index (κ2) is 4.87. The highest BCUT2D eigenvalue weighted by Crippen LogP contribution is 2.39. The Morgan fingerprint density at radius 2 is 2.19 bits per heavy atom. The summed E-state index contributed by atoms with van der Waals surface area (Å²) < 4.78 is -0.433. The van der Waals surface area contributed by atoms with Crippen molar-refractivity contribution in [2.45, 2.75) is 31.6 Å². The molecule has 0 aromatic carbocycles. The van der Waals surface area contributed by atoms with Crippen LogP contribution in [-0.2, 0) is 9.59 Å². The molecular weight excluding hydrogens is 246 g/mol. The van der Waals surface area contributed by atoms with Gasteiger partial charge in [0.1, 0.15) is 6.04 Å². The normalized spacial score (nSPS) is 25.5. The molecule has 4 nitrogen and oxygen atoms in total. The van der Waals surface area contributed by atoms with E-state index in [0.717, 1.165) is 0 Å². The Labute approximate surface area is 105 Å².